The van der Waals surface area contributed by atoms with Gasteiger partial charge in [-0.2, -0.15) is 0 Å². The molecule has 0 saturated carbocycles. The van der Waals surface area contributed by atoms with E-state index in [9.17, 15) is 4.79 Å². The standard InChI is InChI=1S/C12H21NO2/c1-9(2)7-12(11(14)15-4)5-6-13-10(3)8-12/h10,13H,1,5-8H2,2-4H3/t10-,12?/m1/s1. The smallest absolute Gasteiger partial charge is 0.312 e. The summed E-state index contributed by atoms with van der Waals surface area (Å²) in [5.41, 5.74) is 0.708. The van der Waals surface area contributed by atoms with E-state index < -0.39 is 0 Å². The summed E-state index contributed by atoms with van der Waals surface area (Å²) in [5, 5.41) is 3.35. The van der Waals surface area contributed by atoms with Gasteiger partial charge in [0.25, 0.3) is 0 Å². The van der Waals surface area contributed by atoms with Gasteiger partial charge in [0, 0.05) is 6.04 Å². The molecule has 86 valence electrons. The van der Waals surface area contributed by atoms with Crippen LogP contribution in [0.1, 0.15) is 33.1 Å². The number of esters is 1. The Labute approximate surface area is 91.9 Å². The fourth-order valence-corrected chi connectivity index (χ4v) is 2.53. The Bertz CT molecular complexity index is 262. The zero-order valence-corrected chi connectivity index (χ0v) is 9.93. The third kappa shape index (κ3) is 2.81. The van der Waals surface area contributed by atoms with Crippen molar-refractivity contribution in [1.29, 1.82) is 0 Å². The van der Waals surface area contributed by atoms with Crippen LogP contribution in [0, 0.1) is 5.41 Å². The van der Waals surface area contributed by atoms with Crippen molar-refractivity contribution >= 4 is 5.97 Å². The molecule has 1 N–H and O–H groups in total. The molecule has 0 amide bonds. The second-order valence-corrected chi connectivity index (χ2v) is 4.72. The van der Waals surface area contributed by atoms with Gasteiger partial charge >= 0.3 is 5.97 Å². The van der Waals surface area contributed by atoms with Gasteiger partial charge in [0.2, 0.25) is 0 Å². The number of carbonyl (C=O) groups is 1. The van der Waals surface area contributed by atoms with Gasteiger partial charge in [-0.1, -0.05) is 5.57 Å². The van der Waals surface area contributed by atoms with Crippen LogP contribution in [0.4, 0.5) is 0 Å². The highest BCUT2D eigenvalue weighted by Crippen LogP contribution is 2.38. The third-order valence-corrected chi connectivity index (χ3v) is 3.05. The Morgan fingerprint density at radius 1 is 1.67 bits per heavy atom. The zero-order chi connectivity index (χ0) is 11.5. The molecule has 0 aromatic carbocycles. The lowest BCUT2D eigenvalue weighted by Crippen LogP contribution is -2.47. The van der Waals surface area contributed by atoms with E-state index in [1.165, 1.54) is 7.11 Å². The number of ether oxygens (including phenoxy) is 1. The Morgan fingerprint density at radius 3 is 2.80 bits per heavy atom. The molecule has 3 heteroatoms. The summed E-state index contributed by atoms with van der Waals surface area (Å²) in [5.74, 6) is -0.0844. The maximum atomic E-state index is 11.9. The summed E-state index contributed by atoms with van der Waals surface area (Å²) in [6, 6.07) is 0.372. The number of piperidine rings is 1. The fourth-order valence-electron chi connectivity index (χ4n) is 2.53. The lowest BCUT2D eigenvalue weighted by molar-refractivity contribution is -0.155. The van der Waals surface area contributed by atoms with Gasteiger partial charge in [-0.25, -0.2) is 0 Å². The predicted molar refractivity (Wildman–Crippen MR) is 60.6 cm³/mol. The van der Waals surface area contributed by atoms with Gasteiger partial charge in [0.15, 0.2) is 0 Å². The first kappa shape index (κ1) is 12.2. The molecule has 0 aliphatic carbocycles. The quantitative estimate of drug-likeness (QED) is 0.572. The molecule has 1 saturated heterocycles. The van der Waals surface area contributed by atoms with Crippen molar-refractivity contribution in [2.24, 2.45) is 5.41 Å². The van der Waals surface area contributed by atoms with Crippen LogP contribution in [0.5, 0.6) is 0 Å². The van der Waals surface area contributed by atoms with Gasteiger partial charge in [-0.3, -0.25) is 4.79 Å². The summed E-state index contributed by atoms with van der Waals surface area (Å²) in [6.45, 7) is 8.86. The Kier molecular flexibility index (Phi) is 3.91. The molecule has 15 heavy (non-hydrogen) atoms. The van der Waals surface area contributed by atoms with Crippen LogP contribution in [0.25, 0.3) is 0 Å². The van der Waals surface area contributed by atoms with Gasteiger partial charge in [-0.15, -0.1) is 6.58 Å². The molecule has 1 aliphatic heterocycles. The monoisotopic (exact) mass is 211 g/mol. The maximum Gasteiger partial charge on any atom is 0.312 e. The molecule has 0 aromatic rings. The highest BCUT2D eigenvalue weighted by Gasteiger charge is 2.42. The van der Waals surface area contributed by atoms with E-state index in [1.54, 1.807) is 0 Å². The average molecular weight is 211 g/mol. The van der Waals surface area contributed by atoms with E-state index in [0.29, 0.717) is 6.04 Å². The highest BCUT2D eigenvalue weighted by atomic mass is 16.5. The molecule has 1 fully saturated rings. The van der Waals surface area contributed by atoms with Crippen LogP contribution in [0.2, 0.25) is 0 Å². The van der Waals surface area contributed by atoms with Crippen molar-refractivity contribution in [3.05, 3.63) is 12.2 Å². The minimum Gasteiger partial charge on any atom is -0.469 e. The van der Waals surface area contributed by atoms with Crippen molar-refractivity contribution in [2.45, 2.75) is 39.2 Å². The molecule has 1 aliphatic rings. The van der Waals surface area contributed by atoms with E-state index >= 15 is 0 Å². The second kappa shape index (κ2) is 4.79. The lowest BCUT2D eigenvalue weighted by Gasteiger charge is -2.38. The molecule has 0 aromatic heterocycles. The Hall–Kier alpha value is -0.830. The van der Waals surface area contributed by atoms with Crippen LogP contribution in [0.15, 0.2) is 12.2 Å². The van der Waals surface area contributed by atoms with Crippen LogP contribution in [-0.2, 0) is 9.53 Å². The first-order valence-electron chi connectivity index (χ1n) is 5.46. The molecule has 3 nitrogen and oxygen atoms in total. The van der Waals surface area contributed by atoms with Crippen molar-refractivity contribution in [3.63, 3.8) is 0 Å². The minimum absolute atomic E-state index is 0.0844. The SMILES string of the molecule is C=C(C)CC1(C(=O)OC)CCN[C@H](C)C1. The number of nitrogens with one attached hydrogen (secondary N) is 1. The van der Waals surface area contributed by atoms with Crippen LogP contribution < -0.4 is 5.32 Å². The number of methoxy groups -OCH3 is 1. The molecule has 2 atom stereocenters. The number of hydrogen-bond donors (Lipinski definition) is 1. The topological polar surface area (TPSA) is 38.3 Å². The van der Waals surface area contributed by atoms with E-state index in [4.69, 9.17) is 4.74 Å². The zero-order valence-electron chi connectivity index (χ0n) is 9.93. The average Bonchev–Trinajstić information content (AvgIpc) is 2.15. The molecule has 1 heterocycles. The molecular weight excluding hydrogens is 190 g/mol. The minimum atomic E-state index is -0.342. The van der Waals surface area contributed by atoms with Crippen LogP contribution in [0.3, 0.4) is 0 Å². The number of rotatable bonds is 3. The molecule has 1 rings (SSSR count). The Balaban J connectivity index is 2.84. The second-order valence-electron chi connectivity index (χ2n) is 4.72. The molecule has 0 radical (unpaired) electrons. The summed E-state index contributed by atoms with van der Waals surface area (Å²) < 4.78 is 4.93. The number of hydrogen-bond acceptors (Lipinski definition) is 3. The molecular formula is C12H21NO2. The lowest BCUT2D eigenvalue weighted by atomic mass is 9.72. The summed E-state index contributed by atoms with van der Waals surface area (Å²) in [4.78, 5) is 11.9. The van der Waals surface area contributed by atoms with Gasteiger partial charge in [-0.05, 0) is 39.7 Å². The molecule has 0 spiro atoms. The van der Waals surface area contributed by atoms with Crippen molar-refractivity contribution < 1.29 is 9.53 Å². The number of carbonyl (C=O) groups excluding carboxylic acids is 1. The third-order valence-electron chi connectivity index (χ3n) is 3.05. The van der Waals surface area contributed by atoms with Crippen molar-refractivity contribution in [2.75, 3.05) is 13.7 Å². The van der Waals surface area contributed by atoms with Gasteiger partial charge < -0.3 is 10.1 Å². The van der Waals surface area contributed by atoms with Gasteiger partial charge in [0.05, 0.1) is 12.5 Å². The summed E-state index contributed by atoms with van der Waals surface area (Å²) >= 11 is 0. The first-order chi connectivity index (χ1) is 7.00. The van der Waals surface area contributed by atoms with Crippen molar-refractivity contribution in [3.8, 4) is 0 Å². The molecule has 0 bridgehead atoms. The summed E-state index contributed by atoms with van der Waals surface area (Å²) in [7, 11) is 1.47. The van der Waals surface area contributed by atoms with E-state index in [0.717, 1.165) is 31.4 Å². The normalized spacial score (nSPS) is 31.0. The van der Waals surface area contributed by atoms with E-state index in [-0.39, 0.29) is 11.4 Å². The highest BCUT2D eigenvalue weighted by molar-refractivity contribution is 5.77. The maximum absolute atomic E-state index is 11.9. The molecule has 1 unspecified atom stereocenters. The van der Waals surface area contributed by atoms with E-state index in [1.807, 2.05) is 6.92 Å². The van der Waals surface area contributed by atoms with Crippen LogP contribution in [-0.4, -0.2) is 25.7 Å². The largest absolute Gasteiger partial charge is 0.469 e. The Morgan fingerprint density at radius 2 is 2.33 bits per heavy atom. The number of allylic oxidation sites excluding steroid dienone is 1. The first-order valence-corrected chi connectivity index (χ1v) is 5.46. The van der Waals surface area contributed by atoms with Crippen molar-refractivity contribution in [1.82, 2.24) is 5.32 Å². The summed E-state index contributed by atoms with van der Waals surface area (Å²) in [6.07, 6.45) is 2.43. The van der Waals surface area contributed by atoms with Gasteiger partial charge in [0.1, 0.15) is 0 Å². The van der Waals surface area contributed by atoms with Crippen LogP contribution >= 0.6 is 0 Å². The predicted octanol–water partition coefficient (Wildman–Crippen LogP) is 1.88. The van der Waals surface area contributed by atoms with E-state index in [2.05, 4.69) is 18.8 Å². The fraction of sp³-hybridized carbons (Fsp3) is 0.750.